The van der Waals surface area contributed by atoms with E-state index in [4.69, 9.17) is 27.8 Å². The van der Waals surface area contributed by atoms with E-state index >= 15 is 0 Å². The number of carbonyl (C=O) groups excluding carboxylic acids is 1. The van der Waals surface area contributed by atoms with Crippen LogP contribution in [-0.2, 0) is 15.1 Å². The molecule has 0 fully saturated rings. The summed E-state index contributed by atoms with van der Waals surface area (Å²) >= 11 is 6.64. The van der Waals surface area contributed by atoms with Crippen LogP contribution in [0, 0.1) is 0 Å². The molecule has 0 aliphatic heterocycles. The number of hydrogen-bond donors (Lipinski definition) is 2. The summed E-state index contributed by atoms with van der Waals surface area (Å²) in [5, 5.41) is 0.509. The van der Waals surface area contributed by atoms with Crippen molar-refractivity contribution in [3.63, 3.8) is 0 Å². The molecule has 1 atom stereocenters. The smallest absolute Gasteiger partial charge is 0.324 e. The topological polar surface area (TPSA) is 78.3 Å². The molecule has 0 heterocycles. The molecule has 0 aromatic heterocycles. The van der Waals surface area contributed by atoms with E-state index in [1.807, 2.05) is 78.9 Å². The van der Waals surface area contributed by atoms with Gasteiger partial charge in [0.25, 0.3) is 0 Å². The second-order valence-corrected chi connectivity index (χ2v) is 7.61. The van der Waals surface area contributed by atoms with Gasteiger partial charge in [0, 0.05) is 21.7 Å². The third-order valence-corrected chi connectivity index (χ3v) is 5.47. The molecule has 3 aromatic carbocycles. The van der Waals surface area contributed by atoms with Crippen LogP contribution in [0.1, 0.15) is 36.0 Å². The van der Waals surface area contributed by atoms with Crippen molar-refractivity contribution in [2.75, 3.05) is 6.54 Å². The van der Waals surface area contributed by atoms with E-state index < -0.39 is 17.6 Å². The van der Waals surface area contributed by atoms with Crippen molar-refractivity contribution in [3.05, 3.63) is 107 Å². The van der Waals surface area contributed by atoms with Gasteiger partial charge in [0.1, 0.15) is 6.04 Å². The van der Waals surface area contributed by atoms with Gasteiger partial charge in [-0.3, -0.25) is 4.79 Å². The first kappa shape index (κ1) is 22.0. The zero-order chi connectivity index (χ0) is 21.4. The lowest BCUT2D eigenvalue weighted by atomic mass is 9.80. The number of benzene rings is 3. The second-order valence-electron chi connectivity index (χ2n) is 7.21. The molecule has 0 spiro atoms. The Morgan fingerprint density at radius 1 is 0.867 bits per heavy atom. The van der Waals surface area contributed by atoms with Crippen LogP contribution in [0.4, 0.5) is 0 Å². The van der Waals surface area contributed by atoms with Gasteiger partial charge in [-0.05, 0) is 25.5 Å². The molecule has 0 aliphatic rings. The maximum Gasteiger partial charge on any atom is 0.324 e. The fourth-order valence-corrected chi connectivity index (χ4v) is 3.86. The highest BCUT2D eigenvalue weighted by molar-refractivity contribution is 6.31. The quantitative estimate of drug-likeness (QED) is 0.299. The lowest BCUT2D eigenvalue weighted by molar-refractivity contribution is -0.155. The van der Waals surface area contributed by atoms with Gasteiger partial charge in [0.15, 0.2) is 5.60 Å². The molecule has 30 heavy (non-hydrogen) atoms. The fraction of sp³-hybridized carbons (Fsp3) is 0.240. The number of unbranched alkanes of at least 4 members (excludes halogenated alkanes) is 1. The molecule has 4 nitrogen and oxygen atoms in total. The number of hydrogen-bond acceptors (Lipinski definition) is 4. The van der Waals surface area contributed by atoms with E-state index in [0.717, 1.165) is 24.0 Å². The lowest BCUT2D eigenvalue weighted by Crippen LogP contribution is -2.42. The monoisotopic (exact) mass is 422 g/mol. The van der Waals surface area contributed by atoms with Crippen LogP contribution < -0.4 is 11.5 Å². The Labute approximate surface area is 182 Å². The van der Waals surface area contributed by atoms with Gasteiger partial charge in [-0.1, -0.05) is 96.9 Å². The van der Waals surface area contributed by atoms with Crippen molar-refractivity contribution < 1.29 is 9.53 Å². The van der Waals surface area contributed by atoms with Crippen LogP contribution in [0.25, 0.3) is 0 Å². The van der Waals surface area contributed by atoms with Crippen LogP contribution in [0.15, 0.2) is 84.9 Å². The molecule has 0 saturated heterocycles. The highest BCUT2D eigenvalue weighted by Crippen LogP contribution is 2.43. The number of ether oxygens (including phenoxy) is 1. The molecule has 3 rings (SSSR count). The van der Waals surface area contributed by atoms with Crippen LogP contribution in [0.3, 0.4) is 0 Å². The minimum atomic E-state index is -1.22. The third-order valence-electron chi connectivity index (χ3n) is 5.14. The SMILES string of the molecule is NCCCC[C@H](N)C(=O)OC(c1ccccc1)(c1ccccc1)c1ccccc1Cl. The van der Waals surface area contributed by atoms with E-state index in [1.54, 1.807) is 6.07 Å². The van der Waals surface area contributed by atoms with Crippen molar-refractivity contribution in [2.45, 2.75) is 30.9 Å². The van der Waals surface area contributed by atoms with E-state index in [0.29, 0.717) is 23.6 Å². The van der Waals surface area contributed by atoms with Crippen molar-refractivity contribution >= 4 is 17.6 Å². The van der Waals surface area contributed by atoms with Crippen molar-refractivity contribution in [1.29, 1.82) is 0 Å². The molecule has 0 amide bonds. The van der Waals surface area contributed by atoms with Crippen LogP contribution >= 0.6 is 11.6 Å². The van der Waals surface area contributed by atoms with Crippen molar-refractivity contribution in [1.82, 2.24) is 0 Å². The molecule has 3 aromatic rings. The maximum absolute atomic E-state index is 13.2. The van der Waals surface area contributed by atoms with Gasteiger partial charge >= 0.3 is 5.97 Å². The average Bonchev–Trinajstić information content (AvgIpc) is 2.79. The summed E-state index contributed by atoms with van der Waals surface area (Å²) in [4.78, 5) is 13.2. The average molecular weight is 423 g/mol. The maximum atomic E-state index is 13.2. The minimum absolute atomic E-state index is 0.473. The molecular weight excluding hydrogens is 396 g/mol. The van der Waals surface area contributed by atoms with Crippen molar-refractivity contribution in [2.24, 2.45) is 11.5 Å². The van der Waals surface area contributed by atoms with E-state index in [1.165, 1.54) is 0 Å². The minimum Gasteiger partial charge on any atom is -0.443 e. The Kier molecular flexibility index (Phi) is 7.63. The largest absolute Gasteiger partial charge is 0.443 e. The molecule has 4 N–H and O–H groups in total. The molecule has 0 bridgehead atoms. The van der Waals surface area contributed by atoms with E-state index in [2.05, 4.69) is 0 Å². The van der Waals surface area contributed by atoms with Gasteiger partial charge in [-0.2, -0.15) is 0 Å². The predicted molar refractivity (Wildman–Crippen MR) is 121 cm³/mol. The Morgan fingerprint density at radius 2 is 1.40 bits per heavy atom. The summed E-state index contributed by atoms with van der Waals surface area (Å²) in [6, 6.07) is 25.9. The van der Waals surface area contributed by atoms with Gasteiger partial charge < -0.3 is 16.2 Å². The number of esters is 1. The normalized spacial score (nSPS) is 12.4. The fourth-order valence-electron chi connectivity index (χ4n) is 3.60. The Morgan fingerprint density at radius 3 is 1.93 bits per heavy atom. The summed E-state index contributed by atoms with van der Waals surface area (Å²) in [5.41, 5.74) is 12.8. The predicted octanol–water partition coefficient (Wildman–Crippen LogP) is 4.63. The second kappa shape index (κ2) is 10.4. The number of carbonyl (C=O) groups is 1. The zero-order valence-electron chi connectivity index (χ0n) is 16.8. The van der Waals surface area contributed by atoms with E-state index in [-0.39, 0.29) is 0 Å². The van der Waals surface area contributed by atoms with Gasteiger partial charge in [-0.15, -0.1) is 0 Å². The van der Waals surface area contributed by atoms with Crippen LogP contribution in [-0.4, -0.2) is 18.6 Å². The Hall–Kier alpha value is -2.66. The first-order valence-corrected chi connectivity index (χ1v) is 10.5. The molecule has 5 heteroatoms. The lowest BCUT2D eigenvalue weighted by Gasteiger charge is -2.36. The Bertz CT molecular complexity index is 908. The third kappa shape index (κ3) is 4.73. The van der Waals surface area contributed by atoms with Crippen LogP contribution in [0.5, 0.6) is 0 Å². The summed E-state index contributed by atoms with van der Waals surface area (Å²) < 4.78 is 6.29. The highest BCUT2D eigenvalue weighted by atomic mass is 35.5. The van der Waals surface area contributed by atoms with Crippen LogP contribution in [0.2, 0.25) is 5.02 Å². The number of rotatable bonds is 9. The number of nitrogens with two attached hydrogens (primary N) is 2. The first-order chi connectivity index (χ1) is 14.6. The number of halogens is 1. The zero-order valence-corrected chi connectivity index (χ0v) is 17.6. The van der Waals surface area contributed by atoms with Gasteiger partial charge in [0.05, 0.1) is 0 Å². The molecular formula is C25H27ClN2O2. The molecule has 156 valence electrons. The van der Waals surface area contributed by atoms with Gasteiger partial charge in [0.2, 0.25) is 0 Å². The van der Waals surface area contributed by atoms with Crippen molar-refractivity contribution in [3.8, 4) is 0 Å². The molecule has 0 unspecified atom stereocenters. The molecule has 0 aliphatic carbocycles. The Balaban J connectivity index is 2.15. The highest BCUT2D eigenvalue weighted by Gasteiger charge is 2.42. The summed E-state index contributed by atoms with van der Waals surface area (Å²) in [5.74, 6) is -0.473. The summed E-state index contributed by atoms with van der Waals surface area (Å²) in [6.07, 6.45) is 2.09. The first-order valence-electron chi connectivity index (χ1n) is 10.1. The summed E-state index contributed by atoms with van der Waals surface area (Å²) in [6.45, 7) is 0.569. The van der Waals surface area contributed by atoms with Gasteiger partial charge in [-0.25, -0.2) is 0 Å². The standard InChI is InChI=1S/C25H27ClN2O2/c26-22-16-8-7-15-21(22)25(19-11-3-1-4-12-19,20-13-5-2-6-14-20)30-24(29)23(28)17-9-10-18-27/h1-8,11-16,23H,9-10,17-18,27-28H2/t23-/m0/s1. The van der Waals surface area contributed by atoms with E-state index in [9.17, 15) is 4.79 Å². The molecule has 0 saturated carbocycles. The molecule has 0 radical (unpaired) electrons. The summed E-state index contributed by atoms with van der Waals surface area (Å²) in [7, 11) is 0.